The van der Waals surface area contributed by atoms with Crippen LogP contribution in [0.25, 0.3) is 0 Å². The lowest BCUT2D eigenvalue weighted by Gasteiger charge is -2.32. The van der Waals surface area contributed by atoms with Gasteiger partial charge in [-0.2, -0.15) is 13.2 Å². The van der Waals surface area contributed by atoms with E-state index in [1.54, 1.807) is 0 Å². The lowest BCUT2D eigenvalue weighted by molar-refractivity contribution is -0.186. The van der Waals surface area contributed by atoms with Crippen molar-refractivity contribution in [2.75, 3.05) is 19.6 Å². The molecule has 4 nitrogen and oxygen atoms in total. The van der Waals surface area contributed by atoms with Gasteiger partial charge in [0, 0.05) is 30.5 Å². The number of nitrogens with zero attached hydrogens (tertiary/aromatic N) is 1. The number of amides is 2. The van der Waals surface area contributed by atoms with Crippen LogP contribution in [0.2, 0.25) is 0 Å². The average molecular weight is 421 g/mol. The number of hydrogen-bond donors (Lipinski definition) is 1. The second-order valence-corrected chi connectivity index (χ2v) is 7.08. The van der Waals surface area contributed by atoms with E-state index >= 15 is 0 Å². The number of piperidine rings is 1. The molecule has 0 saturated carbocycles. The summed E-state index contributed by atoms with van der Waals surface area (Å²) in [6, 6.07) is 7.74. The lowest BCUT2D eigenvalue weighted by atomic mass is 9.96. The Morgan fingerprint density at radius 2 is 1.92 bits per heavy atom. The SMILES string of the molecule is O=C(CCc1cccc(Br)c1)NCC1CCN(C(=O)C(F)(F)F)CC1. The fourth-order valence-corrected chi connectivity index (χ4v) is 3.26. The van der Waals surface area contributed by atoms with Crippen LogP contribution in [0.15, 0.2) is 28.7 Å². The van der Waals surface area contributed by atoms with E-state index in [2.05, 4.69) is 21.2 Å². The molecule has 2 rings (SSSR count). The van der Waals surface area contributed by atoms with E-state index < -0.39 is 12.1 Å². The number of hydrogen-bond acceptors (Lipinski definition) is 2. The first-order valence-electron chi connectivity index (χ1n) is 8.13. The van der Waals surface area contributed by atoms with Crippen molar-refractivity contribution in [3.63, 3.8) is 0 Å². The smallest absolute Gasteiger partial charge is 0.356 e. The zero-order valence-corrected chi connectivity index (χ0v) is 15.2. The number of rotatable bonds is 5. The van der Waals surface area contributed by atoms with Crippen LogP contribution in [0, 0.1) is 5.92 Å². The summed E-state index contributed by atoms with van der Waals surface area (Å²) in [4.78, 5) is 23.9. The molecule has 0 aromatic heterocycles. The molecule has 0 atom stereocenters. The van der Waals surface area contributed by atoms with Gasteiger partial charge in [0.2, 0.25) is 5.91 Å². The summed E-state index contributed by atoms with van der Waals surface area (Å²) in [6.07, 6.45) is -2.89. The van der Waals surface area contributed by atoms with Crippen LogP contribution >= 0.6 is 15.9 Å². The first-order chi connectivity index (χ1) is 11.8. The van der Waals surface area contributed by atoms with Gasteiger partial charge in [0.05, 0.1) is 0 Å². The summed E-state index contributed by atoms with van der Waals surface area (Å²) in [5, 5.41) is 2.84. The second-order valence-electron chi connectivity index (χ2n) is 6.17. The van der Waals surface area contributed by atoms with E-state index in [1.165, 1.54) is 0 Å². The van der Waals surface area contributed by atoms with Crippen LogP contribution in [0.5, 0.6) is 0 Å². The van der Waals surface area contributed by atoms with Gasteiger partial charge in [0.15, 0.2) is 0 Å². The van der Waals surface area contributed by atoms with E-state index in [-0.39, 0.29) is 24.9 Å². The van der Waals surface area contributed by atoms with Crippen LogP contribution in [0.4, 0.5) is 13.2 Å². The third-order valence-electron chi connectivity index (χ3n) is 4.26. The molecule has 0 unspecified atom stereocenters. The standard InChI is InChI=1S/C17H20BrF3N2O2/c18-14-3-1-2-12(10-14)4-5-15(24)22-11-13-6-8-23(9-7-13)16(25)17(19,20)21/h1-3,10,13H,4-9,11H2,(H,22,24). The highest BCUT2D eigenvalue weighted by atomic mass is 79.9. The molecule has 0 aliphatic carbocycles. The molecule has 0 bridgehead atoms. The Morgan fingerprint density at radius 3 is 2.52 bits per heavy atom. The summed E-state index contributed by atoms with van der Waals surface area (Å²) in [5.41, 5.74) is 1.06. The highest BCUT2D eigenvalue weighted by Gasteiger charge is 2.43. The largest absolute Gasteiger partial charge is 0.471 e. The van der Waals surface area contributed by atoms with Gasteiger partial charge in [-0.1, -0.05) is 28.1 Å². The zero-order chi connectivity index (χ0) is 18.4. The quantitative estimate of drug-likeness (QED) is 0.794. The minimum Gasteiger partial charge on any atom is -0.356 e. The molecular formula is C17H20BrF3N2O2. The molecule has 1 aromatic carbocycles. The minimum atomic E-state index is -4.81. The maximum absolute atomic E-state index is 12.4. The van der Waals surface area contributed by atoms with Crippen molar-refractivity contribution in [1.29, 1.82) is 0 Å². The molecule has 1 heterocycles. The van der Waals surface area contributed by atoms with E-state index in [1.807, 2.05) is 24.3 Å². The molecule has 1 aliphatic rings. The Bertz CT molecular complexity index is 614. The highest BCUT2D eigenvalue weighted by Crippen LogP contribution is 2.23. The van der Waals surface area contributed by atoms with Gasteiger partial charge in [0.25, 0.3) is 0 Å². The maximum atomic E-state index is 12.4. The van der Waals surface area contributed by atoms with Gasteiger partial charge in [0.1, 0.15) is 0 Å². The molecule has 1 N–H and O–H groups in total. The van der Waals surface area contributed by atoms with Crippen LogP contribution < -0.4 is 5.32 Å². The Labute approximate surface area is 152 Å². The van der Waals surface area contributed by atoms with Crippen molar-refractivity contribution in [3.8, 4) is 0 Å². The van der Waals surface area contributed by atoms with Crippen molar-refractivity contribution in [2.45, 2.75) is 31.9 Å². The van der Waals surface area contributed by atoms with Crippen molar-refractivity contribution < 1.29 is 22.8 Å². The number of halogens is 4. The predicted octanol–water partition coefficient (Wildman–Crippen LogP) is 3.30. The minimum absolute atomic E-state index is 0.0752. The molecule has 1 aliphatic heterocycles. The normalized spacial score (nSPS) is 15.9. The highest BCUT2D eigenvalue weighted by molar-refractivity contribution is 9.10. The fraction of sp³-hybridized carbons (Fsp3) is 0.529. The number of carbonyl (C=O) groups excluding carboxylic acids is 2. The summed E-state index contributed by atoms with van der Waals surface area (Å²) < 4.78 is 38.1. The third-order valence-corrected chi connectivity index (χ3v) is 4.76. The number of nitrogens with one attached hydrogen (secondary N) is 1. The Kier molecular flexibility index (Phi) is 6.87. The Hall–Kier alpha value is -1.57. The van der Waals surface area contributed by atoms with E-state index in [9.17, 15) is 22.8 Å². The Balaban J connectivity index is 1.67. The van der Waals surface area contributed by atoms with Crippen molar-refractivity contribution in [1.82, 2.24) is 10.2 Å². The summed E-state index contributed by atoms with van der Waals surface area (Å²) in [7, 11) is 0. The van der Waals surface area contributed by atoms with Gasteiger partial charge in [-0.05, 0) is 42.9 Å². The Morgan fingerprint density at radius 1 is 1.24 bits per heavy atom. The van der Waals surface area contributed by atoms with Gasteiger partial charge >= 0.3 is 12.1 Å². The topological polar surface area (TPSA) is 49.4 Å². The van der Waals surface area contributed by atoms with E-state index in [0.717, 1.165) is 14.9 Å². The molecular weight excluding hydrogens is 401 g/mol. The second kappa shape index (κ2) is 8.69. The number of benzene rings is 1. The predicted molar refractivity (Wildman–Crippen MR) is 90.8 cm³/mol. The van der Waals surface area contributed by atoms with Crippen molar-refractivity contribution >= 4 is 27.7 Å². The first kappa shape index (κ1) is 19.8. The molecule has 25 heavy (non-hydrogen) atoms. The number of carbonyl (C=O) groups is 2. The van der Waals surface area contributed by atoms with Gasteiger partial charge in [-0.3, -0.25) is 9.59 Å². The van der Waals surface area contributed by atoms with Crippen LogP contribution in [-0.2, 0) is 16.0 Å². The summed E-state index contributed by atoms with van der Waals surface area (Å²) >= 11 is 3.38. The molecule has 1 saturated heterocycles. The maximum Gasteiger partial charge on any atom is 0.471 e. The average Bonchev–Trinajstić information content (AvgIpc) is 2.57. The summed E-state index contributed by atoms with van der Waals surface area (Å²) in [5.74, 6) is -1.75. The van der Waals surface area contributed by atoms with Crippen molar-refractivity contribution in [3.05, 3.63) is 34.3 Å². The lowest BCUT2D eigenvalue weighted by Crippen LogP contribution is -2.46. The van der Waals surface area contributed by atoms with Crippen LogP contribution in [-0.4, -0.2) is 42.5 Å². The van der Waals surface area contributed by atoms with Crippen LogP contribution in [0.1, 0.15) is 24.8 Å². The third kappa shape index (κ3) is 6.34. The van der Waals surface area contributed by atoms with Crippen LogP contribution in [0.3, 0.4) is 0 Å². The number of likely N-dealkylation sites (tertiary alicyclic amines) is 1. The molecule has 138 valence electrons. The molecule has 1 fully saturated rings. The molecule has 0 radical (unpaired) electrons. The van der Waals surface area contributed by atoms with Gasteiger partial charge < -0.3 is 10.2 Å². The summed E-state index contributed by atoms with van der Waals surface area (Å²) in [6.45, 7) is 0.596. The first-order valence-corrected chi connectivity index (χ1v) is 8.92. The molecule has 2 amide bonds. The zero-order valence-electron chi connectivity index (χ0n) is 13.6. The van der Waals surface area contributed by atoms with Gasteiger partial charge in [-0.25, -0.2) is 0 Å². The number of alkyl halides is 3. The monoisotopic (exact) mass is 420 g/mol. The van der Waals surface area contributed by atoms with E-state index in [4.69, 9.17) is 0 Å². The molecule has 0 spiro atoms. The van der Waals surface area contributed by atoms with Crippen molar-refractivity contribution in [2.24, 2.45) is 5.92 Å². The fourth-order valence-electron chi connectivity index (χ4n) is 2.82. The van der Waals surface area contributed by atoms with E-state index in [0.29, 0.717) is 32.2 Å². The number of aryl methyl sites for hydroxylation is 1. The molecule has 8 heteroatoms. The molecule has 1 aromatic rings. The van der Waals surface area contributed by atoms with Gasteiger partial charge in [-0.15, -0.1) is 0 Å².